The van der Waals surface area contributed by atoms with Crippen molar-refractivity contribution in [2.45, 2.75) is 4.90 Å². The van der Waals surface area contributed by atoms with E-state index in [0.717, 1.165) is 33.1 Å². The number of hydrogen-bond acceptors (Lipinski definition) is 3. The van der Waals surface area contributed by atoms with Gasteiger partial charge in [0.1, 0.15) is 10.8 Å². The predicted octanol–water partition coefficient (Wildman–Crippen LogP) is 6.23. The number of aliphatic imine (C=N–C) groups is 1. The van der Waals surface area contributed by atoms with Gasteiger partial charge in [0.25, 0.3) is 0 Å². The summed E-state index contributed by atoms with van der Waals surface area (Å²) in [6.45, 7) is 0. The Labute approximate surface area is 168 Å². The number of para-hydroxylation sites is 2. The molecular weight excluding hydrogens is 374 g/mol. The molecule has 0 spiro atoms. The van der Waals surface area contributed by atoms with Gasteiger partial charge in [-0.05, 0) is 24.3 Å². The minimum absolute atomic E-state index is 0.514. The van der Waals surface area contributed by atoms with Gasteiger partial charge in [0.15, 0.2) is 0 Å². The van der Waals surface area contributed by atoms with Crippen molar-refractivity contribution in [3.05, 3.63) is 95.6 Å². The van der Waals surface area contributed by atoms with E-state index in [1.807, 2.05) is 84.9 Å². The van der Waals surface area contributed by atoms with Crippen LogP contribution in [0.15, 0.2) is 94.8 Å². The van der Waals surface area contributed by atoms with E-state index in [-0.39, 0.29) is 0 Å². The lowest BCUT2D eigenvalue weighted by atomic mass is 10.1. The maximum atomic E-state index is 6.71. The van der Waals surface area contributed by atoms with E-state index in [0.29, 0.717) is 5.15 Å². The lowest BCUT2D eigenvalue weighted by molar-refractivity contribution is 0.885. The molecule has 0 fully saturated rings. The molecule has 0 radical (unpaired) electrons. The fraction of sp³-hybridized carbons (Fsp3) is 0. The Morgan fingerprint density at radius 1 is 0.852 bits per heavy atom. The van der Waals surface area contributed by atoms with Gasteiger partial charge in [-0.25, -0.2) is 4.68 Å². The average molecular weight is 390 g/mol. The van der Waals surface area contributed by atoms with Gasteiger partial charge in [-0.15, -0.1) is 12.6 Å². The number of hydrogen-bond donors (Lipinski definition) is 1. The lowest BCUT2D eigenvalue weighted by Gasteiger charge is -2.02. The van der Waals surface area contributed by atoms with E-state index in [4.69, 9.17) is 16.7 Å². The van der Waals surface area contributed by atoms with Crippen LogP contribution in [-0.2, 0) is 0 Å². The Kier molecular flexibility index (Phi) is 5.10. The molecule has 4 aromatic rings. The largest absolute Gasteiger partial charge is 0.255 e. The van der Waals surface area contributed by atoms with Crippen molar-refractivity contribution in [3.8, 4) is 16.9 Å². The Hall–Kier alpha value is -2.82. The molecule has 0 aliphatic rings. The van der Waals surface area contributed by atoms with Gasteiger partial charge in [0, 0.05) is 16.7 Å². The number of rotatable bonds is 4. The molecule has 0 amide bonds. The van der Waals surface area contributed by atoms with Crippen LogP contribution < -0.4 is 0 Å². The van der Waals surface area contributed by atoms with Crippen molar-refractivity contribution in [2.24, 2.45) is 4.99 Å². The zero-order chi connectivity index (χ0) is 18.6. The minimum atomic E-state index is 0.514. The van der Waals surface area contributed by atoms with Gasteiger partial charge in [0.2, 0.25) is 0 Å². The van der Waals surface area contributed by atoms with E-state index in [1.54, 1.807) is 10.9 Å². The summed E-state index contributed by atoms with van der Waals surface area (Å²) in [6, 6.07) is 27.5. The SMILES string of the molecule is Sc1ccccc1N=Cc1c(-c2ccccc2)nn(-c2ccccc2)c1Cl. The lowest BCUT2D eigenvalue weighted by Crippen LogP contribution is -1.96. The molecule has 0 aliphatic heterocycles. The summed E-state index contributed by atoms with van der Waals surface area (Å²) < 4.78 is 1.73. The summed E-state index contributed by atoms with van der Waals surface area (Å²) in [6.07, 6.45) is 1.76. The molecule has 3 nitrogen and oxygen atoms in total. The second-order valence-electron chi connectivity index (χ2n) is 5.91. The van der Waals surface area contributed by atoms with Crippen molar-refractivity contribution in [3.63, 3.8) is 0 Å². The van der Waals surface area contributed by atoms with Crippen LogP contribution in [0.4, 0.5) is 5.69 Å². The highest BCUT2D eigenvalue weighted by molar-refractivity contribution is 7.80. The zero-order valence-corrected chi connectivity index (χ0v) is 16.0. The maximum absolute atomic E-state index is 6.71. The number of nitrogens with zero attached hydrogens (tertiary/aromatic N) is 3. The summed E-state index contributed by atoms with van der Waals surface area (Å²) in [7, 11) is 0. The standard InChI is InChI=1S/C22H16ClN3S/c23-22-18(15-24-19-13-7-8-14-20(19)27)21(16-9-3-1-4-10-16)25-26(22)17-11-5-2-6-12-17/h1-15,27H. The Morgan fingerprint density at radius 2 is 1.48 bits per heavy atom. The highest BCUT2D eigenvalue weighted by atomic mass is 35.5. The van der Waals surface area contributed by atoms with Crippen LogP contribution in [0.25, 0.3) is 16.9 Å². The highest BCUT2D eigenvalue weighted by Gasteiger charge is 2.17. The molecule has 0 saturated carbocycles. The van der Waals surface area contributed by atoms with E-state index < -0.39 is 0 Å². The third-order valence-electron chi connectivity index (χ3n) is 4.13. The molecule has 3 aromatic carbocycles. The summed E-state index contributed by atoms with van der Waals surface area (Å²) in [5, 5.41) is 5.27. The van der Waals surface area contributed by atoms with Crippen molar-refractivity contribution >= 4 is 36.1 Å². The van der Waals surface area contributed by atoms with Crippen LogP contribution in [0, 0.1) is 0 Å². The van der Waals surface area contributed by atoms with Crippen LogP contribution in [0.1, 0.15) is 5.56 Å². The van der Waals surface area contributed by atoms with Crippen LogP contribution in [0.3, 0.4) is 0 Å². The molecule has 1 heterocycles. The van der Waals surface area contributed by atoms with Gasteiger partial charge < -0.3 is 0 Å². The molecule has 0 atom stereocenters. The van der Waals surface area contributed by atoms with Crippen molar-refractivity contribution < 1.29 is 0 Å². The van der Waals surface area contributed by atoms with Gasteiger partial charge in [-0.3, -0.25) is 4.99 Å². The summed E-state index contributed by atoms with van der Waals surface area (Å²) in [5.41, 5.74) is 4.21. The van der Waals surface area contributed by atoms with Gasteiger partial charge in [-0.2, -0.15) is 5.10 Å². The van der Waals surface area contributed by atoms with E-state index >= 15 is 0 Å². The fourth-order valence-electron chi connectivity index (χ4n) is 2.78. The Balaban J connectivity index is 1.86. The summed E-state index contributed by atoms with van der Waals surface area (Å²) in [4.78, 5) is 5.40. The van der Waals surface area contributed by atoms with Gasteiger partial charge >= 0.3 is 0 Å². The maximum Gasteiger partial charge on any atom is 0.142 e. The third-order valence-corrected chi connectivity index (χ3v) is 4.87. The molecule has 0 N–H and O–H groups in total. The quantitative estimate of drug-likeness (QED) is 0.325. The van der Waals surface area contributed by atoms with Crippen LogP contribution in [0.2, 0.25) is 5.15 Å². The molecule has 0 unspecified atom stereocenters. The molecule has 27 heavy (non-hydrogen) atoms. The second kappa shape index (κ2) is 7.82. The molecule has 4 rings (SSSR count). The summed E-state index contributed by atoms with van der Waals surface area (Å²) >= 11 is 11.2. The second-order valence-corrected chi connectivity index (χ2v) is 6.75. The van der Waals surface area contributed by atoms with E-state index in [2.05, 4.69) is 17.6 Å². The predicted molar refractivity (Wildman–Crippen MR) is 115 cm³/mol. The fourth-order valence-corrected chi connectivity index (χ4v) is 3.27. The first-order valence-electron chi connectivity index (χ1n) is 8.45. The summed E-state index contributed by atoms with van der Waals surface area (Å²) in [5.74, 6) is 0. The first kappa shape index (κ1) is 17.6. The molecule has 132 valence electrons. The normalized spacial score (nSPS) is 11.2. The Morgan fingerprint density at radius 3 is 2.19 bits per heavy atom. The Bertz CT molecular complexity index is 1090. The minimum Gasteiger partial charge on any atom is -0.255 e. The molecule has 1 aromatic heterocycles. The van der Waals surface area contributed by atoms with E-state index in [1.165, 1.54) is 0 Å². The molecule has 0 saturated heterocycles. The number of thiol groups is 1. The van der Waals surface area contributed by atoms with Crippen LogP contribution >= 0.6 is 24.2 Å². The number of benzene rings is 3. The van der Waals surface area contributed by atoms with Gasteiger partial charge in [-0.1, -0.05) is 72.3 Å². The number of halogens is 1. The monoisotopic (exact) mass is 389 g/mol. The molecule has 5 heteroatoms. The van der Waals surface area contributed by atoms with Crippen LogP contribution in [-0.4, -0.2) is 16.0 Å². The zero-order valence-electron chi connectivity index (χ0n) is 14.3. The molecular formula is C22H16ClN3S. The first-order valence-corrected chi connectivity index (χ1v) is 9.28. The molecule has 0 aliphatic carbocycles. The highest BCUT2D eigenvalue weighted by Crippen LogP contribution is 2.30. The van der Waals surface area contributed by atoms with Crippen molar-refractivity contribution in [2.75, 3.05) is 0 Å². The average Bonchev–Trinajstić information content (AvgIpc) is 3.05. The number of aromatic nitrogens is 2. The third kappa shape index (κ3) is 3.68. The molecule has 0 bridgehead atoms. The van der Waals surface area contributed by atoms with E-state index in [9.17, 15) is 0 Å². The smallest absolute Gasteiger partial charge is 0.142 e. The van der Waals surface area contributed by atoms with Crippen molar-refractivity contribution in [1.29, 1.82) is 0 Å². The first-order chi connectivity index (χ1) is 13.2. The van der Waals surface area contributed by atoms with Gasteiger partial charge in [0.05, 0.1) is 16.9 Å². The topological polar surface area (TPSA) is 30.2 Å². The van der Waals surface area contributed by atoms with Crippen molar-refractivity contribution in [1.82, 2.24) is 9.78 Å². The van der Waals surface area contributed by atoms with Crippen LogP contribution in [0.5, 0.6) is 0 Å².